The van der Waals surface area contributed by atoms with Crippen molar-refractivity contribution in [2.24, 2.45) is 0 Å². The second-order valence-electron chi connectivity index (χ2n) is 5.39. The van der Waals surface area contributed by atoms with Gasteiger partial charge in [0, 0.05) is 18.3 Å². The van der Waals surface area contributed by atoms with Crippen LogP contribution in [0.15, 0.2) is 24.3 Å². The van der Waals surface area contributed by atoms with Gasteiger partial charge in [-0.25, -0.2) is 0 Å². The van der Waals surface area contributed by atoms with Gasteiger partial charge in [-0.1, -0.05) is 24.6 Å². The lowest BCUT2D eigenvalue weighted by Gasteiger charge is -2.27. The molecule has 0 aromatic heterocycles. The smallest absolute Gasteiger partial charge is 0.0375 e. The third-order valence-electron chi connectivity index (χ3n) is 4.09. The second-order valence-corrected chi connectivity index (χ2v) is 5.39. The van der Waals surface area contributed by atoms with Crippen molar-refractivity contribution in [3.05, 3.63) is 29.8 Å². The quantitative estimate of drug-likeness (QED) is 0.859. The van der Waals surface area contributed by atoms with Crippen LogP contribution in [0.1, 0.15) is 31.2 Å². The molecule has 0 spiro atoms. The molecule has 1 aromatic carbocycles. The number of piperidine rings is 1. The van der Waals surface area contributed by atoms with Gasteiger partial charge in [0.25, 0.3) is 0 Å². The highest BCUT2D eigenvalue weighted by Gasteiger charge is 2.20. The van der Waals surface area contributed by atoms with Gasteiger partial charge in [0.1, 0.15) is 0 Å². The minimum atomic E-state index is 0.661. The summed E-state index contributed by atoms with van der Waals surface area (Å²) in [6, 6.07) is 9.39. The summed E-state index contributed by atoms with van der Waals surface area (Å²) < 4.78 is 0. The van der Waals surface area contributed by atoms with Gasteiger partial charge in [0.05, 0.1) is 0 Å². The maximum Gasteiger partial charge on any atom is 0.0375 e. The molecule has 0 saturated carbocycles. The number of benzene rings is 1. The number of hydrogen-bond acceptors (Lipinski definition) is 2. The van der Waals surface area contributed by atoms with E-state index in [9.17, 15) is 0 Å². The number of rotatable bonds is 3. The molecule has 0 radical (unpaired) electrons. The molecule has 1 unspecified atom stereocenters. The predicted octanol–water partition coefficient (Wildman–Crippen LogP) is 2.90. The zero-order valence-electron chi connectivity index (χ0n) is 10.5. The molecule has 2 nitrogen and oxygen atoms in total. The maximum atomic E-state index is 3.65. The van der Waals surface area contributed by atoms with E-state index in [0.29, 0.717) is 6.04 Å². The molecule has 17 heavy (non-hydrogen) atoms. The number of hydrogen-bond donors (Lipinski definition) is 1. The lowest BCUT2D eigenvalue weighted by atomic mass is 10.1. The van der Waals surface area contributed by atoms with Crippen molar-refractivity contribution in [2.45, 2.75) is 38.1 Å². The lowest BCUT2D eigenvalue weighted by Crippen LogP contribution is -2.33. The van der Waals surface area contributed by atoms with E-state index < -0.39 is 0 Å². The molecular weight excluding hydrogens is 208 g/mol. The fourth-order valence-electron chi connectivity index (χ4n) is 3.07. The van der Waals surface area contributed by atoms with Crippen molar-refractivity contribution in [1.82, 2.24) is 4.90 Å². The summed E-state index contributed by atoms with van der Waals surface area (Å²) in [5.74, 6) is 0. The van der Waals surface area contributed by atoms with E-state index in [1.165, 1.54) is 63.0 Å². The van der Waals surface area contributed by atoms with Crippen LogP contribution in [0.3, 0.4) is 0 Å². The van der Waals surface area contributed by atoms with Crippen LogP contribution in [0.2, 0.25) is 0 Å². The Labute approximate surface area is 104 Å². The molecule has 2 aliphatic rings. The zero-order chi connectivity index (χ0) is 11.5. The Balaban J connectivity index is 1.48. The Morgan fingerprint density at radius 1 is 1.12 bits per heavy atom. The SMILES string of the molecule is c1ccc2c(c1)CC(CCN1CCCCC1)N2. The summed E-state index contributed by atoms with van der Waals surface area (Å²) >= 11 is 0. The first-order chi connectivity index (χ1) is 8.42. The molecule has 1 saturated heterocycles. The molecule has 3 rings (SSSR count). The number of fused-ring (bicyclic) bond motifs is 1. The van der Waals surface area contributed by atoms with Crippen LogP contribution in [-0.4, -0.2) is 30.6 Å². The van der Waals surface area contributed by atoms with Crippen LogP contribution in [0.25, 0.3) is 0 Å². The predicted molar refractivity (Wildman–Crippen MR) is 72.5 cm³/mol. The fourth-order valence-corrected chi connectivity index (χ4v) is 3.07. The van der Waals surface area contributed by atoms with E-state index in [0.717, 1.165) is 0 Å². The minimum absolute atomic E-state index is 0.661. The Morgan fingerprint density at radius 3 is 2.76 bits per heavy atom. The average Bonchev–Trinajstić information content (AvgIpc) is 2.80. The van der Waals surface area contributed by atoms with Crippen molar-refractivity contribution in [3.63, 3.8) is 0 Å². The van der Waals surface area contributed by atoms with Crippen molar-refractivity contribution in [1.29, 1.82) is 0 Å². The molecule has 1 atom stereocenters. The van der Waals surface area contributed by atoms with Crippen molar-refractivity contribution >= 4 is 5.69 Å². The zero-order valence-corrected chi connectivity index (χ0v) is 10.5. The van der Waals surface area contributed by atoms with Crippen molar-refractivity contribution in [2.75, 3.05) is 25.0 Å². The number of nitrogens with one attached hydrogen (secondary N) is 1. The third-order valence-corrected chi connectivity index (χ3v) is 4.09. The summed E-state index contributed by atoms with van der Waals surface area (Å²) in [7, 11) is 0. The third kappa shape index (κ3) is 2.63. The molecule has 1 aromatic rings. The standard InChI is InChI=1S/C15H22N2/c1-4-9-17(10-5-1)11-8-14-12-13-6-2-3-7-15(13)16-14/h2-3,6-7,14,16H,1,4-5,8-12H2. The summed E-state index contributed by atoms with van der Waals surface area (Å²) in [6.07, 6.45) is 6.74. The lowest BCUT2D eigenvalue weighted by molar-refractivity contribution is 0.223. The van der Waals surface area contributed by atoms with Crippen LogP contribution in [0.5, 0.6) is 0 Å². The van der Waals surface area contributed by atoms with Crippen LogP contribution in [-0.2, 0) is 6.42 Å². The monoisotopic (exact) mass is 230 g/mol. The largest absolute Gasteiger partial charge is 0.382 e. The van der Waals surface area contributed by atoms with E-state index in [1.54, 1.807) is 0 Å². The second kappa shape index (κ2) is 5.09. The van der Waals surface area contributed by atoms with Gasteiger partial charge in [-0.2, -0.15) is 0 Å². The molecule has 1 N–H and O–H groups in total. The van der Waals surface area contributed by atoms with E-state index in [-0.39, 0.29) is 0 Å². The Hall–Kier alpha value is -1.02. The first-order valence-corrected chi connectivity index (χ1v) is 6.98. The number of para-hydroxylation sites is 1. The fraction of sp³-hybridized carbons (Fsp3) is 0.600. The highest BCUT2D eigenvalue weighted by atomic mass is 15.1. The van der Waals surface area contributed by atoms with E-state index in [2.05, 4.69) is 34.5 Å². The van der Waals surface area contributed by atoms with Crippen LogP contribution in [0, 0.1) is 0 Å². The summed E-state index contributed by atoms with van der Waals surface area (Å²) in [5, 5.41) is 3.65. The molecule has 1 fully saturated rings. The van der Waals surface area contributed by atoms with Gasteiger partial charge >= 0.3 is 0 Å². The van der Waals surface area contributed by atoms with Gasteiger partial charge in [-0.05, 0) is 50.4 Å². The topological polar surface area (TPSA) is 15.3 Å². The number of anilines is 1. The van der Waals surface area contributed by atoms with Crippen LogP contribution >= 0.6 is 0 Å². The molecule has 0 aliphatic carbocycles. The molecule has 2 heteroatoms. The Kier molecular flexibility index (Phi) is 3.32. The molecule has 0 amide bonds. The average molecular weight is 230 g/mol. The highest BCUT2D eigenvalue weighted by molar-refractivity contribution is 5.56. The molecule has 0 bridgehead atoms. The molecule has 2 heterocycles. The van der Waals surface area contributed by atoms with Crippen molar-refractivity contribution in [3.8, 4) is 0 Å². The van der Waals surface area contributed by atoms with Gasteiger partial charge in [-0.15, -0.1) is 0 Å². The maximum absolute atomic E-state index is 3.65. The molecule has 2 aliphatic heterocycles. The van der Waals surface area contributed by atoms with Gasteiger partial charge in [0.2, 0.25) is 0 Å². The van der Waals surface area contributed by atoms with Crippen LogP contribution < -0.4 is 5.32 Å². The van der Waals surface area contributed by atoms with Crippen LogP contribution in [0.4, 0.5) is 5.69 Å². The first-order valence-electron chi connectivity index (χ1n) is 6.98. The van der Waals surface area contributed by atoms with Crippen molar-refractivity contribution < 1.29 is 0 Å². The first kappa shape index (κ1) is 11.1. The minimum Gasteiger partial charge on any atom is -0.382 e. The van der Waals surface area contributed by atoms with Gasteiger partial charge in [-0.3, -0.25) is 0 Å². The van der Waals surface area contributed by atoms with E-state index in [4.69, 9.17) is 0 Å². The van der Waals surface area contributed by atoms with E-state index >= 15 is 0 Å². The Bertz CT molecular complexity index is 344. The summed E-state index contributed by atoms with van der Waals surface area (Å²) in [4.78, 5) is 2.63. The van der Waals surface area contributed by atoms with Gasteiger partial charge in [0.15, 0.2) is 0 Å². The van der Waals surface area contributed by atoms with E-state index in [1.807, 2.05) is 0 Å². The highest BCUT2D eigenvalue weighted by Crippen LogP contribution is 2.26. The number of likely N-dealkylation sites (tertiary alicyclic amines) is 1. The summed E-state index contributed by atoms with van der Waals surface area (Å²) in [6.45, 7) is 3.91. The molecular formula is C15H22N2. The Morgan fingerprint density at radius 2 is 1.94 bits per heavy atom. The van der Waals surface area contributed by atoms with Gasteiger partial charge < -0.3 is 10.2 Å². The normalized spacial score (nSPS) is 24.4. The number of nitrogens with zero attached hydrogens (tertiary/aromatic N) is 1. The summed E-state index contributed by atoms with van der Waals surface area (Å²) in [5.41, 5.74) is 2.85. The molecule has 92 valence electrons.